The van der Waals surface area contributed by atoms with Gasteiger partial charge in [0.25, 0.3) is 5.91 Å². The summed E-state index contributed by atoms with van der Waals surface area (Å²) in [5.41, 5.74) is 4.33. The zero-order chi connectivity index (χ0) is 22.0. The Morgan fingerprint density at radius 2 is 1.47 bits per heavy atom. The molecular formula is C28H24N2O2. The molecule has 1 aromatic heterocycles. The van der Waals surface area contributed by atoms with E-state index in [1.54, 1.807) is 6.20 Å². The quantitative estimate of drug-likeness (QED) is 0.369. The molecule has 158 valence electrons. The van der Waals surface area contributed by atoms with Crippen molar-refractivity contribution in [3.63, 3.8) is 0 Å². The smallest absolute Gasteiger partial charge is 0.252 e. The Morgan fingerprint density at radius 3 is 2.28 bits per heavy atom. The molecule has 0 fully saturated rings. The number of aromatic nitrogens is 1. The van der Waals surface area contributed by atoms with Crippen molar-refractivity contribution in [1.82, 2.24) is 10.3 Å². The van der Waals surface area contributed by atoms with Crippen LogP contribution in [0.5, 0.6) is 5.75 Å². The van der Waals surface area contributed by atoms with Crippen LogP contribution in [-0.2, 0) is 13.2 Å². The zero-order valence-electron chi connectivity index (χ0n) is 17.6. The predicted octanol–water partition coefficient (Wildman–Crippen LogP) is 5.76. The third kappa shape index (κ3) is 5.70. The summed E-state index contributed by atoms with van der Waals surface area (Å²) in [5, 5.41) is 2.94. The van der Waals surface area contributed by atoms with E-state index in [9.17, 15) is 4.79 Å². The van der Waals surface area contributed by atoms with Crippen LogP contribution in [0.3, 0.4) is 0 Å². The Hall–Kier alpha value is -4.18. The number of benzene rings is 3. The van der Waals surface area contributed by atoms with Gasteiger partial charge in [-0.3, -0.25) is 9.78 Å². The van der Waals surface area contributed by atoms with Gasteiger partial charge in [-0.05, 0) is 35.4 Å². The molecule has 0 spiro atoms. The van der Waals surface area contributed by atoms with E-state index < -0.39 is 0 Å². The van der Waals surface area contributed by atoms with Crippen LogP contribution in [0.4, 0.5) is 0 Å². The highest BCUT2D eigenvalue weighted by Crippen LogP contribution is 2.23. The molecule has 0 aliphatic carbocycles. The second-order valence-electron chi connectivity index (χ2n) is 7.24. The highest BCUT2D eigenvalue weighted by atomic mass is 16.5. The van der Waals surface area contributed by atoms with Crippen molar-refractivity contribution >= 4 is 18.1 Å². The van der Waals surface area contributed by atoms with Gasteiger partial charge in [0.1, 0.15) is 12.4 Å². The zero-order valence-corrected chi connectivity index (χ0v) is 17.6. The summed E-state index contributed by atoms with van der Waals surface area (Å²) in [4.78, 5) is 17.0. The van der Waals surface area contributed by atoms with E-state index in [1.807, 2.05) is 109 Å². The molecule has 0 aliphatic rings. The van der Waals surface area contributed by atoms with Gasteiger partial charge >= 0.3 is 0 Å². The Morgan fingerprint density at radius 1 is 0.781 bits per heavy atom. The minimum absolute atomic E-state index is 0.135. The largest absolute Gasteiger partial charge is 0.488 e. The molecule has 1 N–H and O–H groups in total. The second-order valence-corrected chi connectivity index (χ2v) is 7.24. The van der Waals surface area contributed by atoms with Gasteiger partial charge in [0, 0.05) is 17.3 Å². The minimum atomic E-state index is -0.135. The van der Waals surface area contributed by atoms with Gasteiger partial charge in [0.15, 0.2) is 0 Å². The van der Waals surface area contributed by atoms with Gasteiger partial charge in [-0.2, -0.15) is 0 Å². The number of ether oxygens (including phenoxy) is 1. The first-order valence-electron chi connectivity index (χ1n) is 10.5. The molecule has 0 unspecified atom stereocenters. The lowest BCUT2D eigenvalue weighted by Crippen LogP contribution is -2.24. The van der Waals surface area contributed by atoms with Crippen molar-refractivity contribution in [3.8, 4) is 5.75 Å². The molecule has 4 nitrogen and oxygen atoms in total. The predicted molar refractivity (Wildman–Crippen MR) is 128 cm³/mol. The van der Waals surface area contributed by atoms with Gasteiger partial charge in [0.05, 0.1) is 12.2 Å². The van der Waals surface area contributed by atoms with Crippen LogP contribution >= 0.6 is 0 Å². The SMILES string of the molecule is O=C(NCc1ccccn1)c1ccccc1C=Cc1ccccc1OCc1ccccc1. The number of carbonyl (C=O) groups is 1. The summed E-state index contributed by atoms with van der Waals surface area (Å²) >= 11 is 0. The summed E-state index contributed by atoms with van der Waals surface area (Å²) in [6, 6.07) is 31.1. The number of rotatable bonds is 8. The van der Waals surface area contributed by atoms with Crippen LogP contribution in [0.2, 0.25) is 0 Å². The molecule has 0 atom stereocenters. The molecule has 4 heteroatoms. The van der Waals surface area contributed by atoms with Crippen LogP contribution < -0.4 is 10.1 Å². The van der Waals surface area contributed by atoms with E-state index in [2.05, 4.69) is 10.3 Å². The van der Waals surface area contributed by atoms with Crippen molar-refractivity contribution in [1.29, 1.82) is 0 Å². The standard InChI is InChI=1S/C28H24N2O2/c31-28(30-20-25-14-8-9-19-29-25)26-15-6-4-12-23(26)17-18-24-13-5-7-16-27(24)32-21-22-10-2-1-3-11-22/h1-19H,20-21H2,(H,30,31). The maximum Gasteiger partial charge on any atom is 0.252 e. The molecule has 4 aromatic rings. The average Bonchev–Trinajstić information content (AvgIpc) is 2.86. The van der Waals surface area contributed by atoms with Crippen LogP contribution in [-0.4, -0.2) is 10.9 Å². The topological polar surface area (TPSA) is 51.2 Å². The van der Waals surface area contributed by atoms with E-state index in [-0.39, 0.29) is 5.91 Å². The molecule has 0 bridgehead atoms. The third-order valence-electron chi connectivity index (χ3n) is 4.96. The molecule has 4 rings (SSSR count). The van der Waals surface area contributed by atoms with Gasteiger partial charge in [-0.15, -0.1) is 0 Å². The van der Waals surface area contributed by atoms with Gasteiger partial charge in [-0.1, -0.05) is 84.9 Å². The summed E-state index contributed by atoms with van der Waals surface area (Å²) in [7, 11) is 0. The van der Waals surface area contributed by atoms with Crippen molar-refractivity contribution in [2.24, 2.45) is 0 Å². The molecular weight excluding hydrogens is 396 g/mol. The highest BCUT2D eigenvalue weighted by molar-refractivity contribution is 5.98. The molecule has 0 aliphatic heterocycles. The van der Waals surface area contributed by atoms with Crippen LogP contribution in [0.25, 0.3) is 12.2 Å². The Bertz CT molecular complexity index is 1190. The van der Waals surface area contributed by atoms with Crippen LogP contribution in [0.15, 0.2) is 103 Å². The Labute approximate surface area is 188 Å². The van der Waals surface area contributed by atoms with E-state index >= 15 is 0 Å². The number of pyridine rings is 1. The number of nitrogens with zero attached hydrogens (tertiary/aromatic N) is 1. The molecule has 3 aromatic carbocycles. The number of para-hydroxylation sites is 1. The van der Waals surface area contributed by atoms with E-state index in [1.165, 1.54) is 0 Å². The molecule has 0 radical (unpaired) electrons. The number of nitrogens with one attached hydrogen (secondary N) is 1. The minimum Gasteiger partial charge on any atom is -0.488 e. The summed E-state index contributed by atoms with van der Waals surface area (Å²) in [6.45, 7) is 0.881. The van der Waals surface area contributed by atoms with Gasteiger partial charge in [0.2, 0.25) is 0 Å². The first-order chi connectivity index (χ1) is 15.8. The normalized spacial score (nSPS) is 10.8. The fourth-order valence-corrected chi connectivity index (χ4v) is 3.28. The molecule has 32 heavy (non-hydrogen) atoms. The second kappa shape index (κ2) is 10.7. The lowest BCUT2D eigenvalue weighted by Gasteiger charge is -2.10. The lowest BCUT2D eigenvalue weighted by molar-refractivity contribution is 0.0950. The number of amides is 1. The first-order valence-corrected chi connectivity index (χ1v) is 10.5. The van der Waals surface area contributed by atoms with Crippen molar-refractivity contribution in [2.45, 2.75) is 13.2 Å². The highest BCUT2D eigenvalue weighted by Gasteiger charge is 2.09. The summed E-state index contributed by atoms with van der Waals surface area (Å²) in [5.74, 6) is 0.661. The van der Waals surface area contributed by atoms with E-state index in [4.69, 9.17) is 4.74 Å². The van der Waals surface area contributed by atoms with Crippen molar-refractivity contribution < 1.29 is 9.53 Å². The lowest BCUT2D eigenvalue weighted by atomic mass is 10.0. The van der Waals surface area contributed by atoms with Crippen LogP contribution in [0, 0.1) is 0 Å². The molecule has 0 saturated heterocycles. The summed E-state index contributed by atoms with van der Waals surface area (Å²) < 4.78 is 6.04. The van der Waals surface area contributed by atoms with Crippen molar-refractivity contribution in [2.75, 3.05) is 0 Å². The van der Waals surface area contributed by atoms with E-state index in [0.29, 0.717) is 18.7 Å². The van der Waals surface area contributed by atoms with E-state index in [0.717, 1.165) is 28.1 Å². The van der Waals surface area contributed by atoms with Crippen LogP contribution in [0.1, 0.15) is 32.7 Å². The maximum atomic E-state index is 12.8. The average molecular weight is 421 g/mol. The molecule has 1 amide bonds. The monoisotopic (exact) mass is 420 g/mol. The van der Waals surface area contributed by atoms with Gasteiger partial charge < -0.3 is 10.1 Å². The molecule has 0 saturated carbocycles. The van der Waals surface area contributed by atoms with Crippen molar-refractivity contribution in [3.05, 3.63) is 131 Å². The fourth-order valence-electron chi connectivity index (χ4n) is 3.28. The number of hydrogen-bond acceptors (Lipinski definition) is 3. The summed E-state index contributed by atoms with van der Waals surface area (Å²) in [6.07, 6.45) is 5.64. The third-order valence-corrected chi connectivity index (χ3v) is 4.96. The maximum absolute atomic E-state index is 12.8. The number of hydrogen-bond donors (Lipinski definition) is 1. The Balaban J connectivity index is 1.47. The van der Waals surface area contributed by atoms with Gasteiger partial charge in [-0.25, -0.2) is 0 Å². The fraction of sp³-hybridized carbons (Fsp3) is 0.0714. The first kappa shape index (κ1) is 21.1. The Kier molecular flexibility index (Phi) is 7.06. The molecule has 1 heterocycles. The number of carbonyl (C=O) groups excluding carboxylic acids is 1.